The Morgan fingerprint density at radius 3 is 2.91 bits per heavy atom. The molecule has 0 saturated carbocycles. The maximum atomic E-state index is 10.7. The largest absolute Gasteiger partial charge is 0.377 e. The third-order valence-corrected chi connectivity index (χ3v) is 1.72. The highest BCUT2D eigenvalue weighted by molar-refractivity contribution is 5.78. The van der Waals surface area contributed by atoms with Crippen LogP contribution in [0, 0.1) is 0 Å². The van der Waals surface area contributed by atoms with E-state index in [1.54, 1.807) is 0 Å². The van der Waals surface area contributed by atoms with Crippen LogP contribution in [0.3, 0.4) is 0 Å². The van der Waals surface area contributed by atoms with Gasteiger partial charge < -0.3 is 10.1 Å². The molecule has 0 aliphatic carbocycles. The number of ether oxygens (including phenoxy) is 1. The predicted molar refractivity (Wildman–Crippen MR) is 42.3 cm³/mol. The molecule has 1 rings (SSSR count). The summed E-state index contributed by atoms with van der Waals surface area (Å²) in [6.45, 7) is 4.65. The minimum Gasteiger partial charge on any atom is -0.377 e. The zero-order chi connectivity index (χ0) is 8.27. The minimum absolute atomic E-state index is 0.155. The van der Waals surface area contributed by atoms with E-state index in [0.29, 0.717) is 13.0 Å². The fourth-order valence-electron chi connectivity index (χ4n) is 1.11. The quantitative estimate of drug-likeness (QED) is 0.654. The normalized spacial score (nSPS) is 24.3. The Kier molecular flexibility index (Phi) is 2.88. The summed E-state index contributed by atoms with van der Waals surface area (Å²) >= 11 is 0. The lowest BCUT2D eigenvalue weighted by Crippen LogP contribution is -2.30. The van der Waals surface area contributed by atoms with Crippen LogP contribution in [-0.4, -0.2) is 24.7 Å². The lowest BCUT2D eigenvalue weighted by atomic mass is 10.2. The molecule has 0 radical (unpaired) electrons. The van der Waals surface area contributed by atoms with Gasteiger partial charge in [-0.3, -0.25) is 4.79 Å². The van der Waals surface area contributed by atoms with E-state index in [2.05, 4.69) is 5.32 Å². The molecule has 1 aliphatic heterocycles. The van der Waals surface area contributed by atoms with Crippen molar-refractivity contribution in [1.29, 1.82) is 0 Å². The van der Waals surface area contributed by atoms with Crippen LogP contribution in [0.25, 0.3) is 0 Å². The van der Waals surface area contributed by atoms with E-state index in [-0.39, 0.29) is 18.1 Å². The molecule has 1 fully saturated rings. The van der Waals surface area contributed by atoms with E-state index >= 15 is 0 Å². The van der Waals surface area contributed by atoms with Gasteiger partial charge in [0.05, 0.1) is 18.8 Å². The number of hydrogen-bond donors (Lipinski definition) is 1. The van der Waals surface area contributed by atoms with Crippen molar-refractivity contribution in [2.45, 2.75) is 38.8 Å². The van der Waals surface area contributed by atoms with Crippen LogP contribution >= 0.6 is 0 Å². The van der Waals surface area contributed by atoms with Gasteiger partial charge in [-0.05, 0) is 20.3 Å². The van der Waals surface area contributed by atoms with E-state index in [1.165, 1.54) is 0 Å². The molecule has 0 aromatic heterocycles. The van der Waals surface area contributed by atoms with Gasteiger partial charge in [-0.15, -0.1) is 0 Å². The molecule has 1 heterocycles. The number of nitrogens with one attached hydrogen (secondary N) is 1. The molecule has 0 spiro atoms. The molecule has 64 valence electrons. The molecular weight excluding hydrogens is 142 g/mol. The molecule has 1 atom stereocenters. The summed E-state index contributed by atoms with van der Waals surface area (Å²) in [5.74, 6) is 0.155. The highest BCUT2D eigenvalue weighted by atomic mass is 16.5. The van der Waals surface area contributed by atoms with Crippen LogP contribution < -0.4 is 5.32 Å². The minimum atomic E-state index is 0.155. The standard InChI is InChI=1S/C8H15NO2/c1-6(2)11-5-7-3-4-8(10)9-7/h6-7H,3-5H2,1-2H3,(H,9,10). The maximum Gasteiger partial charge on any atom is 0.220 e. The topological polar surface area (TPSA) is 38.3 Å². The van der Waals surface area contributed by atoms with Crippen molar-refractivity contribution >= 4 is 5.91 Å². The molecule has 1 unspecified atom stereocenters. The Bertz CT molecular complexity index is 145. The molecule has 0 aromatic rings. The van der Waals surface area contributed by atoms with Gasteiger partial charge in [0.1, 0.15) is 0 Å². The number of carbonyl (C=O) groups excluding carboxylic acids is 1. The van der Waals surface area contributed by atoms with Crippen LogP contribution in [-0.2, 0) is 9.53 Å². The lowest BCUT2D eigenvalue weighted by molar-refractivity contribution is -0.119. The van der Waals surface area contributed by atoms with Gasteiger partial charge in [0, 0.05) is 6.42 Å². The molecule has 11 heavy (non-hydrogen) atoms. The maximum absolute atomic E-state index is 10.7. The summed E-state index contributed by atoms with van der Waals surface area (Å²) in [5.41, 5.74) is 0. The van der Waals surface area contributed by atoms with Crippen LogP contribution in [0.5, 0.6) is 0 Å². The van der Waals surface area contributed by atoms with Crippen molar-refractivity contribution in [2.75, 3.05) is 6.61 Å². The Hall–Kier alpha value is -0.570. The second-order valence-electron chi connectivity index (χ2n) is 3.19. The lowest BCUT2D eigenvalue weighted by Gasteiger charge is -2.12. The van der Waals surface area contributed by atoms with Gasteiger partial charge in [0.25, 0.3) is 0 Å². The van der Waals surface area contributed by atoms with Crippen molar-refractivity contribution in [3.63, 3.8) is 0 Å². The first-order chi connectivity index (χ1) is 5.18. The Morgan fingerprint density at radius 1 is 1.73 bits per heavy atom. The van der Waals surface area contributed by atoms with Crippen molar-refractivity contribution in [3.05, 3.63) is 0 Å². The van der Waals surface area contributed by atoms with Gasteiger partial charge in [-0.2, -0.15) is 0 Å². The van der Waals surface area contributed by atoms with Crippen molar-refractivity contribution in [2.24, 2.45) is 0 Å². The summed E-state index contributed by atoms with van der Waals surface area (Å²) < 4.78 is 5.36. The Labute approximate surface area is 67.1 Å². The Balaban J connectivity index is 2.13. The van der Waals surface area contributed by atoms with Crippen molar-refractivity contribution < 1.29 is 9.53 Å². The molecule has 1 saturated heterocycles. The van der Waals surface area contributed by atoms with Crippen LogP contribution in [0.1, 0.15) is 26.7 Å². The summed E-state index contributed by atoms with van der Waals surface area (Å²) in [4.78, 5) is 10.7. The predicted octanol–water partition coefficient (Wildman–Crippen LogP) is 0.690. The fraction of sp³-hybridized carbons (Fsp3) is 0.875. The van der Waals surface area contributed by atoms with Crippen molar-refractivity contribution in [3.8, 4) is 0 Å². The third-order valence-electron chi connectivity index (χ3n) is 1.72. The van der Waals surface area contributed by atoms with Gasteiger partial charge in [0.15, 0.2) is 0 Å². The molecule has 0 bridgehead atoms. The SMILES string of the molecule is CC(C)OCC1CCC(=O)N1. The van der Waals surface area contributed by atoms with Crippen LogP contribution in [0.2, 0.25) is 0 Å². The van der Waals surface area contributed by atoms with E-state index in [0.717, 1.165) is 6.42 Å². The van der Waals surface area contributed by atoms with E-state index in [9.17, 15) is 4.79 Å². The Morgan fingerprint density at radius 2 is 2.45 bits per heavy atom. The average molecular weight is 157 g/mol. The van der Waals surface area contributed by atoms with E-state index < -0.39 is 0 Å². The summed E-state index contributed by atoms with van der Waals surface area (Å²) in [7, 11) is 0. The fourth-order valence-corrected chi connectivity index (χ4v) is 1.11. The zero-order valence-corrected chi connectivity index (χ0v) is 7.09. The van der Waals surface area contributed by atoms with Gasteiger partial charge in [0.2, 0.25) is 5.91 Å². The second kappa shape index (κ2) is 3.72. The molecule has 1 N–H and O–H groups in total. The summed E-state index contributed by atoms with van der Waals surface area (Å²) in [6, 6.07) is 0.255. The monoisotopic (exact) mass is 157 g/mol. The molecule has 1 aliphatic rings. The first-order valence-electron chi connectivity index (χ1n) is 4.09. The summed E-state index contributed by atoms with van der Waals surface area (Å²) in [5, 5.41) is 2.85. The second-order valence-corrected chi connectivity index (χ2v) is 3.19. The highest BCUT2D eigenvalue weighted by Crippen LogP contribution is 2.07. The highest BCUT2D eigenvalue weighted by Gasteiger charge is 2.20. The van der Waals surface area contributed by atoms with Gasteiger partial charge in [-0.25, -0.2) is 0 Å². The molecular formula is C8H15NO2. The van der Waals surface area contributed by atoms with Gasteiger partial charge in [-0.1, -0.05) is 0 Å². The molecule has 3 nitrogen and oxygen atoms in total. The number of amides is 1. The molecule has 1 amide bonds. The smallest absolute Gasteiger partial charge is 0.220 e. The van der Waals surface area contributed by atoms with Crippen molar-refractivity contribution in [1.82, 2.24) is 5.32 Å². The summed E-state index contributed by atoms with van der Waals surface area (Å²) in [6.07, 6.45) is 1.84. The first kappa shape index (κ1) is 8.53. The van der Waals surface area contributed by atoms with Gasteiger partial charge >= 0.3 is 0 Å². The number of carbonyl (C=O) groups is 1. The van der Waals surface area contributed by atoms with Crippen LogP contribution in [0.4, 0.5) is 0 Å². The van der Waals surface area contributed by atoms with E-state index in [4.69, 9.17) is 4.74 Å². The zero-order valence-electron chi connectivity index (χ0n) is 7.09. The average Bonchev–Trinajstić information content (AvgIpc) is 2.31. The number of hydrogen-bond acceptors (Lipinski definition) is 2. The molecule has 3 heteroatoms. The third kappa shape index (κ3) is 2.89. The molecule has 0 aromatic carbocycles. The number of rotatable bonds is 3. The first-order valence-corrected chi connectivity index (χ1v) is 4.09. The van der Waals surface area contributed by atoms with Crippen LogP contribution in [0.15, 0.2) is 0 Å². The van der Waals surface area contributed by atoms with E-state index in [1.807, 2.05) is 13.8 Å².